The molecule has 0 fully saturated rings. The quantitative estimate of drug-likeness (QED) is 0.592. The fraction of sp³-hybridized carbons (Fsp3) is 0.300. The van der Waals surface area contributed by atoms with Crippen LogP contribution in [0.25, 0.3) is 0 Å². The molecule has 0 saturated carbocycles. The summed E-state index contributed by atoms with van der Waals surface area (Å²) in [6, 6.07) is 10.2. The lowest BCUT2D eigenvalue weighted by Gasteiger charge is -2.24. The number of nitrogens with zero attached hydrogens (tertiary/aromatic N) is 1. The first-order valence-electron chi connectivity index (χ1n) is 8.41. The Morgan fingerprint density at radius 1 is 1.04 bits per heavy atom. The fourth-order valence-corrected chi connectivity index (χ4v) is 2.81. The molecule has 0 aliphatic carbocycles. The van der Waals surface area contributed by atoms with E-state index < -0.39 is 5.97 Å². The smallest absolute Gasteiger partial charge is 0.365 e. The molecule has 27 heavy (non-hydrogen) atoms. The molecule has 7 heteroatoms. The molecule has 1 aliphatic rings. The Bertz CT molecular complexity index is 877. The zero-order valence-electron chi connectivity index (χ0n) is 15.6. The van der Waals surface area contributed by atoms with Crippen LogP contribution in [-0.2, 0) is 4.84 Å². The van der Waals surface area contributed by atoms with Crippen molar-refractivity contribution in [1.29, 1.82) is 0 Å². The zero-order valence-corrected chi connectivity index (χ0v) is 15.6. The van der Waals surface area contributed by atoms with Gasteiger partial charge in [0.15, 0.2) is 11.5 Å². The Balaban J connectivity index is 1.83. The summed E-state index contributed by atoms with van der Waals surface area (Å²) in [5.41, 5.74) is 1.72. The second-order valence-corrected chi connectivity index (χ2v) is 5.98. The zero-order chi connectivity index (χ0) is 19.4. The number of carbonyl (C=O) groups is 1. The predicted octanol–water partition coefficient (Wildman–Crippen LogP) is 3.44. The largest absolute Gasteiger partial charge is 0.497 e. The fourth-order valence-electron chi connectivity index (χ4n) is 2.81. The molecule has 0 N–H and O–H groups in total. The van der Waals surface area contributed by atoms with Crippen LogP contribution in [0, 0.1) is 0 Å². The molecule has 0 amide bonds. The van der Waals surface area contributed by atoms with Gasteiger partial charge >= 0.3 is 5.97 Å². The van der Waals surface area contributed by atoms with Crippen LogP contribution in [0.15, 0.2) is 41.6 Å². The Hall–Kier alpha value is -3.22. The molecule has 142 valence electrons. The van der Waals surface area contributed by atoms with Crippen molar-refractivity contribution in [2.45, 2.75) is 19.4 Å². The number of hydrogen-bond donors (Lipinski definition) is 0. The van der Waals surface area contributed by atoms with E-state index in [0.29, 0.717) is 40.7 Å². The van der Waals surface area contributed by atoms with E-state index in [2.05, 4.69) is 5.16 Å². The van der Waals surface area contributed by atoms with E-state index in [1.807, 2.05) is 19.1 Å². The van der Waals surface area contributed by atoms with E-state index in [0.717, 1.165) is 5.56 Å². The maximum atomic E-state index is 12.4. The van der Waals surface area contributed by atoms with Gasteiger partial charge in [-0.2, -0.15) is 0 Å². The summed E-state index contributed by atoms with van der Waals surface area (Å²) in [7, 11) is 4.62. The third kappa shape index (κ3) is 3.97. The second-order valence-electron chi connectivity index (χ2n) is 5.98. The Kier molecular flexibility index (Phi) is 5.49. The van der Waals surface area contributed by atoms with Crippen LogP contribution in [0.3, 0.4) is 0 Å². The molecule has 2 aromatic rings. The maximum Gasteiger partial charge on any atom is 0.365 e. The molecular weight excluding hydrogens is 350 g/mol. The van der Waals surface area contributed by atoms with E-state index in [-0.39, 0.29) is 6.10 Å². The van der Waals surface area contributed by atoms with Crippen molar-refractivity contribution in [3.8, 4) is 23.0 Å². The summed E-state index contributed by atoms with van der Waals surface area (Å²) < 4.78 is 21.4. The van der Waals surface area contributed by atoms with Gasteiger partial charge in [-0.1, -0.05) is 5.16 Å². The van der Waals surface area contributed by atoms with Gasteiger partial charge in [-0.3, -0.25) is 0 Å². The van der Waals surface area contributed by atoms with E-state index in [1.54, 1.807) is 31.4 Å². The van der Waals surface area contributed by atoms with Crippen molar-refractivity contribution in [3.05, 3.63) is 47.5 Å². The summed E-state index contributed by atoms with van der Waals surface area (Å²) in [6.45, 7) is 1.92. The van der Waals surface area contributed by atoms with E-state index in [4.69, 9.17) is 23.8 Å². The van der Waals surface area contributed by atoms with Crippen molar-refractivity contribution in [2.24, 2.45) is 5.16 Å². The number of oxime groups is 1. The van der Waals surface area contributed by atoms with Crippen molar-refractivity contribution in [3.63, 3.8) is 0 Å². The number of carbonyl (C=O) groups excluding carboxylic acids is 1. The van der Waals surface area contributed by atoms with Crippen LogP contribution in [0.1, 0.15) is 29.3 Å². The van der Waals surface area contributed by atoms with Crippen LogP contribution in [-0.4, -0.2) is 39.1 Å². The van der Waals surface area contributed by atoms with Crippen molar-refractivity contribution in [1.82, 2.24) is 0 Å². The third-order valence-corrected chi connectivity index (χ3v) is 4.17. The maximum absolute atomic E-state index is 12.4. The third-order valence-electron chi connectivity index (χ3n) is 4.17. The minimum atomic E-state index is -0.586. The normalized spacial score (nSPS) is 16.9. The average Bonchev–Trinajstić information content (AvgIpc) is 2.70. The molecule has 1 aliphatic heterocycles. The Morgan fingerprint density at radius 3 is 2.52 bits per heavy atom. The van der Waals surface area contributed by atoms with E-state index in [9.17, 15) is 4.79 Å². The molecule has 0 spiro atoms. The van der Waals surface area contributed by atoms with E-state index in [1.165, 1.54) is 14.2 Å². The number of methoxy groups -OCH3 is 3. The predicted molar refractivity (Wildman–Crippen MR) is 99.2 cm³/mol. The summed E-state index contributed by atoms with van der Waals surface area (Å²) in [6.07, 6.45) is 0.432. The lowest BCUT2D eigenvalue weighted by molar-refractivity contribution is 0.0512. The van der Waals surface area contributed by atoms with Gasteiger partial charge in [0.05, 0.1) is 32.6 Å². The monoisotopic (exact) mass is 371 g/mol. The van der Waals surface area contributed by atoms with Gasteiger partial charge in [0, 0.05) is 18.1 Å². The van der Waals surface area contributed by atoms with Gasteiger partial charge in [-0.25, -0.2) is 4.79 Å². The van der Waals surface area contributed by atoms with Crippen molar-refractivity contribution in [2.75, 3.05) is 21.3 Å². The minimum Gasteiger partial charge on any atom is -0.497 e. The lowest BCUT2D eigenvalue weighted by atomic mass is 10.0. The highest BCUT2D eigenvalue weighted by Crippen LogP contribution is 2.32. The highest BCUT2D eigenvalue weighted by atomic mass is 16.7. The topological polar surface area (TPSA) is 75.6 Å². The number of fused-ring (bicyclic) bond motifs is 1. The van der Waals surface area contributed by atoms with Gasteiger partial charge in [0.25, 0.3) is 0 Å². The molecule has 0 aromatic heterocycles. The molecule has 0 saturated heterocycles. The van der Waals surface area contributed by atoms with Gasteiger partial charge in [-0.05, 0) is 37.3 Å². The van der Waals surface area contributed by atoms with Gasteiger partial charge < -0.3 is 23.8 Å². The molecule has 3 rings (SSSR count). The summed E-state index contributed by atoms with van der Waals surface area (Å²) in [5, 5.41) is 4.08. The number of benzene rings is 2. The van der Waals surface area contributed by atoms with Crippen molar-refractivity contribution >= 4 is 11.7 Å². The molecule has 1 atom stereocenters. The summed E-state index contributed by atoms with van der Waals surface area (Å²) >= 11 is 0. The van der Waals surface area contributed by atoms with Crippen LogP contribution < -0.4 is 18.9 Å². The van der Waals surface area contributed by atoms with Gasteiger partial charge in [0.1, 0.15) is 17.6 Å². The second kappa shape index (κ2) is 7.99. The number of hydrogen-bond acceptors (Lipinski definition) is 7. The van der Waals surface area contributed by atoms with Crippen LogP contribution in [0.4, 0.5) is 0 Å². The highest BCUT2D eigenvalue weighted by Gasteiger charge is 2.24. The van der Waals surface area contributed by atoms with Gasteiger partial charge in [-0.15, -0.1) is 0 Å². The molecule has 7 nitrogen and oxygen atoms in total. The minimum absolute atomic E-state index is 0.0943. The first-order chi connectivity index (χ1) is 13.0. The van der Waals surface area contributed by atoms with Crippen LogP contribution in [0.5, 0.6) is 23.0 Å². The van der Waals surface area contributed by atoms with Gasteiger partial charge in [0.2, 0.25) is 0 Å². The molecular formula is C20H21NO6. The van der Waals surface area contributed by atoms with Crippen LogP contribution in [0.2, 0.25) is 0 Å². The number of rotatable bonds is 5. The first-order valence-corrected chi connectivity index (χ1v) is 8.41. The molecule has 0 unspecified atom stereocenters. The van der Waals surface area contributed by atoms with Crippen LogP contribution >= 0.6 is 0 Å². The average molecular weight is 371 g/mol. The number of ether oxygens (including phenoxy) is 4. The summed E-state index contributed by atoms with van der Waals surface area (Å²) in [5.74, 6) is 1.72. The van der Waals surface area contributed by atoms with E-state index >= 15 is 0 Å². The van der Waals surface area contributed by atoms with Crippen molar-refractivity contribution < 1.29 is 28.6 Å². The Labute approximate surface area is 157 Å². The molecule has 1 heterocycles. The summed E-state index contributed by atoms with van der Waals surface area (Å²) in [4.78, 5) is 17.5. The first kappa shape index (κ1) is 18.6. The lowest BCUT2D eigenvalue weighted by Crippen LogP contribution is -2.25. The highest BCUT2D eigenvalue weighted by molar-refractivity contribution is 6.04. The Morgan fingerprint density at radius 2 is 1.81 bits per heavy atom. The molecule has 0 radical (unpaired) electrons. The SMILES string of the molecule is COc1ccc2c(c1)O[C@@H](C)C/C2=N\OC(=O)c1ccc(OC)c(OC)c1. The molecule has 2 aromatic carbocycles. The molecule has 0 bridgehead atoms. The standard InChI is InChI=1S/C20H21NO6/c1-12-9-16(15-7-6-14(23-2)11-18(15)26-12)21-27-20(22)13-5-8-17(24-3)19(10-13)25-4/h5-8,10-12H,9H2,1-4H3/b21-16+/t12-/m0/s1.